The molecule has 0 aliphatic carbocycles. The molecule has 0 atom stereocenters. The van der Waals surface area contributed by atoms with Crippen molar-refractivity contribution in [1.82, 2.24) is 0 Å². The van der Waals surface area contributed by atoms with Crippen LogP contribution in [0.25, 0.3) is 0 Å². The largest absolute Gasteiger partial charge is 0.361 e. The first-order valence-corrected chi connectivity index (χ1v) is 4.74. The number of thioether (sulfide) groups is 1. The number of para-hydroxylation sites is 1. The smallest absolute Gasteiger partial charge is 0.276 e. The van der Waals surface area contributed by atoms with E-state index < -0.39 is 10.2 Å². The molecule has 0 spiro atoms. The Kier molecular flexibility index (Phi) is 5.73. The van der Waals surface area contributed by atoms with Gasteiger partial charge in [0.15, 0.2) is 0 Å². The molecular weight excluding hydrogens is 240 g/mol. The summed E-state index contributed by atoms with van der Waals surface area (Å²) in [6.45, 7) is 0. The van der Waals surface area contributed by atoms with Crippen LogP contribution in [0.2, 0.25) is 0 Å². The molecule has 0 heterocycles. The molecule has 0 bridgehead atoms. The highest BCUT2D eigenvalue weighted by atomic mass is 35.5. The molecule has 82 valence electrons. The Morgan fingerprint density at radius 2 is 2.07 bits per heavy atom. The van der Waals surface area contributed by atoms with Gasteiger partial charge in [0, 0.05) is 17.4 Å². The van der Waals surface area contributed by atoms with E-state index in [-0.39, 0.29) is 23.8 Å². The molecule has 1 rings (SSSR count). The Hall–Kier alpha value is -1.27. The first-order chi connectivity index (χ1) is 6.61. The van der Waals surface area contributed by atoms with Crippen LogP contribution >= 0.6 is 24.2 Å². The second kappa shape index (κ2) is 6.26. The zero-order chi connectivity index (χ0) is 10.6. The summed E-state index contributed by atoms with van der Waals surface area (Å²) in [5.41, 5.74) is 5.44. The summed E-state index contributed by atoms with van der Waals surface area (Å²) in [6.07, 6.45) is 0. The summed E-state index contributed by atoms with van der Waals surface area (Å²) in [5.74, 6) is 0.229. The van der Waals surface area contributed by atoms with E-state index in [1.54, 1.807) is 18.2 Å². The summed E-state index contributed by atoms with van der Waals surface area (Å²) >= 11 is 0.850. The monoisotopic (exact) mass is 248 g/mol. The minimum absolute atomic E-state index is 0. The molecule has 0 aromatic heterocycles. The van der Waals surface area contributed by atoms with Gasteiger partial charge in [0.1, 0.15) is 0 Å². The van der Waals surface area contributed by atoms with Crippen molar-refractivity contribution in [2.75, 3.05) is 0 Å². The highest BCUT2D eigenvalue weighted by Gasteiger charge is 2.12. The number of primary amides is 1. The lowest BCUT2D eigenvalue weighted by atomic mass is 10.2. The van der Waals surface area contributed by atoms with E-state index in [9.17, 15) is 14.9 Å². The van der Waals surface area contributed by atoms with Crippen LogP contribution in [-0.4, -0.2) is 10.2 Å². The summed E-state index contributed by atoms with van der Waals surface area (Å²) in [4.78, 5) is 20.5. The second-order valence-electron chi connectivity index (χ2n) is 2.49. The number of nitro benzene ring substituents is 1. The van der Waals surface area contributed by atoms with E-state index in [2.05, 4.69) is 0 Å². The van der Waals surface area contributed by atoms with Gasteiger partial charge in [0.2, 0.25) is 0 Å². The first kappa shape index (κ1) is 13.7. The average Bonchev–Trinajstić information content (AvgIpc) is 2.15. The molecule has 0 aliphatic heterocycles. The number of nitro groups is 1. The standard InChI is InChI=1S/C8H8N2O3S.ClH/c9-8(11)14-5-6-3-1-2-4-7(6)10(12)13;/h1-4H,5H2,(H2,9,11);1H. The molecule has 0 unspecified atom stereocenters. The SMILES string of the molecule is Cl.NC(=O)SCc1ccccc1[N+](=O)[O-]. The minimum Gasteiger partial charge on any atom is -0.361 e. The number of hydrogen-bond acceptors (Lipinski definition) is 4. The molecule has 0 saturated carbocycles. The molecule has 1 amide bonds. The van der Waals surface area contributed by atoms with Gasteiger partial charge in [-0.1, -0.05) is 30.0 Å². The Labute approximate surface area is 96.6 Å². The van der Waals surface area contributed by atoms with Crippen LogP contribution in [0.4, 0.5) is 10.5 Å². The Bertz CT molecular complexity index is 373. The predicted molar refractivity (Wildman–Crippen MR) is 61.2 cm³/mol. The quantitative estimate of drug-likeness (QED) is 0.657. The third kappa shape index (κ3) is 4.18. The molecule has 2 N–H and O–H groups in total. The van der Waals surface area contributed by atoms with Crippen molar-refractivity contribution >= 4 is 35.1 Å². The van der Waals surface area contributed by atoms with Crippen LogP contribution in [0, 0.1) is 10.1 Å². The summed E-state index contributed by atoms with van der Waals surface area (Å²) in [7, 11) is 0. The van der Waals surface area contributed by atoms with Crippen LogP contribution in [0.5, 0.6) is 0 Å². The molecule has 0 radical (unpaired) electrons. The van der Waals surface area contributed by atoms with Gasteiger partial charge < -0.3 is 5.73 Å². The summed E-state index contributed by atoms with van der Waals surface area (Å²) in [6, 6.07) is 6.27. The fourth-order valence-electron chi connectivity index (χ4n) is 0.960. The predicted octanol–water partition coefficient (Wildman–Crippen LogP) is 2.33. The maximum atomic E-state index is 10.5. The van der Waals surface area contributed by atoms with Crippen molar-refractivity contribution in [2.24, 2.45) is 5.73 Å². The molecule has 0 fully saturated rings. The second-order valence-corrected chi connectivity index (χ2v) is 3.47. The molecule has 5 nitrogen and oxygen atoms in total. The number of carbonyl (C=O) groups is 1. The van der Waals surface area contributed by atoms with Gasteiger partial charge in [0.25, 0.3) is 10.9 Å². The van der Waals surface area contributed by atoms with Crippen molar-refractivity contribution in [3.05, 3.63) is 39.9 Å². The Morgan fingerprint density at radius 3 is 2.60 bits per heavy atom. The van der Waals surface area contributed by atoms with Crippen LogP contribution in [0.15, 0.2) is 24.3 Å². The third-order valence-corrected chi connectivity index (χ3v) is 2.30. The Balaban J connectivity index is 0.00000196. The first-order valence-electron chi connectivity index (χ1n) is 3.76. The van der Waals surface area contributed by atoms with Crippen molar-refractivity contribution < 1.29 is 9.72 Å². The molecule has 0 saturated heterocycles. The third-order valence-electron chi connectivity index (χ3n) is 1.56. The number of halogens is 1. The number of nitrogens with two attached hydrogens (primary N) is 1. The maximum absolute atomic E-state index is 10.5. The highest BCUT2D eigenvalue weighted by Crippen LogP contribution is 2.22. The lowest BCUT2D eigenvalue weighted by Crippen LogP contribution is -2.03. The van der Waals surface area contributed by atoms with Crippen LogP contribution in [0.1, 0.15) is 5.56 Å². The number of nitrogens with zero attached hydrogens (tertiary/aromatic N) is 1. The highest BCUT2D eigenvalue weighted by molar-refractivity contribution is 8.12. The van der Waals surface area contributed by atoms with E-state index in [1.165, 1.54) is 6.07 Å². The van der Waals surface area contributed by atoms with Gasteiger partial charge in [-0.05, 0) is 0 Å². The van der Waals surface area contributed by atoms with Gasteiger partial charge in [-0.25, -0.2) is 0 Å². The fraction of sp³-hybridized carbons (Fsp3) is 0.125. The molecule has 0 aliphatic rings. The van der Waals surface area contributed by atoms with Gasteiger partial charge in [0.05, 0.1) is 4.92 Å². The van der Waals surface area contributed by atoms with Crippen molar-refractivity contribution in [2.45, 2.75) is 5.75 Å². The lowest BCUT2D eigenvalue weighted by Gasteiger charge is -1.99. The number of benzene rings is 1. The van der Waals surface area contributed by atoms with Gasteiger partial charge in [-0.2, -0.15) is 0 Å². The fourth-order valence-corrected chi connectivity index (χ4v) is 1.50. The average molecular weight is 249 g/mol. The van der Waals surface area contributed by atoms with Gasteiger partial charge >= 0.3 is 0 Å². The van der Waals surface area contributed by atoms with E-state index in [0.29, 0.717) is 5.56 Å². The molecular formula is C8H9ClN2O3S. The topological polar surface area (TPSA) is 86.2 Å². The summed E-state index contributed by atoms with van der Waals surface area (Å²) < 4.78 is 0. The number of rotatable bonds is 3. The van der Waals surface area contributed by atoms with Crippen LogP contribution in [0.3, 0.4) is 0 Å². The Morgan fingerprint density at radius 1 is 1.47 bits per heavy atom. The lowest BCUT2D eigenvalue weighted by molar-refractivity contribution is -0.385. The van der Waals surface area contributed by atoms with E-state index >= 15 is 0 Å². The van der Waals surface area contributed by atoms with E-state index in [0.717, 1.165) is 11.8 Å². The van der Waals surface area contributed by atoms with Crippen molar-refractivity contribution in [3.63, 3.8) is 0 Å². The number of carbonyl (C=O) groups excluding carboxylic acids is 1. The molecule has 7 heteroatoms. The van der Waals surface area contributed by atoms with E-state index in [1.807, 2.05) is 0 Å². The molecule has 15 heavy (non-hydrogen) atoms. The zero-order valence-corrected chi connectivity index (χ0v) is 9.22. The number of amides is 1. The molecule has 1 aromatic rings. The van der Waals surface area contributed by atoms with Gasteiger partial charge in [-0.15, -0.1) is 12.4 Å². The van der Waals surface area contributed by atoms with Crippen molar-refractivity contribution in [1.29, 1.82) is 0 Å². The summed E-state index contributed by atoms with van der Waals surface area (Å²) in [5, 5.41) is 10.0. The zero-order valence-electron chi connectivity index (χ0n) is 7.58. The molecule has 1 aromatic carbocycles. The maximum Gasteiger partial charge on any atom is 0.276 e. The van der Waals surface area contributed by atoms with Crippen molar-refractivity contribution in [3.8, 4) is 0 Å². The van der Waals surface area contributed by atoms with E-state index in [4.69, 9.17) is 5.73 Å². The van der Waals surface area contributed by atoms with Gasteiger partial charge in [-0.3, -0.25) is 14.9 Å². The number of hydrogen-bond donors (Lipinski definition) is 1. The van der Waals surface area contributed by atoms with Crippen LogP contribution < -0.4 is 5.73 Å². The normalized spacial score (nSPS) is 9.07. The minimum atomic E-state index is -0.539. The van der Waals surface area contributed by atoms with Crippen LogP contribution in [-0.2, 0) is 5.75 Å².